The summed E-state index contributed by atoms with van der Waals surface area (Å²) >= 11 is 3.31. The Morgan fingerprint density at radius 3 is 2.32 bits per heavy atom. The molecule has 1 aromatic rings. The van der Waals surface area contributed by atoms with E-state index in [1.54, 1.807) is 0 Å². The van der Waals surface area contributed by atoms with E-state index in [1.807, 2.05) is 24.3 Å². The van der Waals surface area contributed by atoms with Gasteiger partial charge in [0.05, 0.1) is 0 Å². The zero-order chi connectivity index (χ0) is 14.3. The van der Waals surface area contributed by atoms with Crippen LogP contribution < -0.4 is 5.32 Å². The molecule has 0 fully saturated rings. The Labute approximate surface area is 117 Å². The van der Waals surface area contributed by atoms with Gasteiger partial charge in [-0.2, -0.15) is 13.2 Å². The van der Waals surface area contributed by atoms with Gasteiger partial charge in [-0.3, -0.25) is 4.79 Å². The molecule has 0 atom stereocenters. The lowest BCUT2D eigenvalue weighted by Gasteiger charge is -2.08. The van der Waals surface area contributed by atoms with Crippen LogP contribution in [0.15, 0.2) is 24.3 Å². The normalized spacial score (nSPS) is 11.4. The monoisotopic (exact) mass is 339 g/mol. The summed E-state index contributed by atoms with van der Waals surface area (Å²) in [6, 6.07) is 7.48. The van der Waals surface area contributed by atoms with Gasteiger partial charge >= 0.3 is 6.18 Å². The predicted molar refractivity (Wildman–Crippen MR) is 67.8 cm³/mol. The van der Waals surface area contributed by atoms with Gasteiger partial charge in [-0.05, 0) is 11.1 Å². The van der Waals surface area contributed by atoms with Crippen molar-refractivity contribution in [3.05, 3.63) is 35.4 Å². The van der Waals surface area contributed by atoms with E-state index in [9.17, 15) is 18.0 Å². The number of ether oxygens (including phenoxy) is 1. The van der Waals surface area contributed by atoms with Crippen LogP contribution in [0.5, 0.6) is 0 Å². The molecule has 1 amide bonds. The number of hydrogen-bond donors (Lipinski definition) is 1. The molecular weight excluding hydrogens is 327 g/mol. The number of hydrogen-bond acceptors (Lipinski definition) is 2. The average molecular weight is 340 g/mol. The quantitative estimate of drug-likeness (QED) is 0.809. The molecule has 7 heteroatoms. The number of carbonyl (C=O) groups excluding carboxylic acids is 1. The third kappa shape index (κ3) is 7.17. The third-order valence-corrected chi connectivity index (χ3v) is 2.81. The van der Waals surface area contributed by atoms with Crippen LogP contribution in [0, 0.1) is 0 Å². The Morgan fingerprint density at radius 1 is 1.21 bits per heavy atom. The fourth-order valence-electron chi connectivity index (χ4n) is 1.26. The molecule has 0 spiro atoms. The van der Waals surface area contributed by atoms with E-state index >= 15 is 0 Å². The maximum absolute atomic E-state index is 11.8. The average Bonchev–Trinajstić information content (AvgIpc) is 2.35. The topological polar surface area (TPSA) is 38.3 Å². The first-order chi connectivity index (χ1) is 8.90. The standard InChI is InChI=1S/C12H13BrF3NO2/c13-5-9-1-3-10(4-2-9)6-17-11(18)7-19-8-12(14,15)16/h1-4H,5-8H2,(H,17,18). The molecular formula is C12H13BrF3NO2. The summed E-state index contributed by atoms with van der Waals surface area (Å²) in [5.74, 6) is -0.575. The van der Waals surface area contributed by atoms with E-state index in [-0.39, 0.29) is 6.54 Å². The first kappa shape index (κ1) is 16.0. The van der Waals surface area contributed by atoms with Gasteiger partial charge in [0.25, 0.3) is 0 Å². The highest BCUT2D eigenvalue weighted by molar-refractivity contribution is 9.08. The highest BCUT2D eigenvalue weighted by Gasteiger charge is 2.27. The van der Waals surface area contributed by atoms with Crippen molar-refractivity contribution in [3.8, 4) is 0 Å². The van der Waals surface area contributed by atoms with E-state index in [2.05, 4.69) is 26.0 Å². The molecule has 0 aliphatic heterocycles. The van der Waals surface area contributed by atoms with Crippen molar-refractivity contribution < 1.29 is 22.7 Å². The number of rotatable bonds is 6. The second-order valence-corrected chi connectivity index (χ2v) is 4.40. The summed E-state index contributed by atoms with van der Waals surface area (Å²) in [4.78, 5) is 11.2. The van der Waals surface area contributed by atoms with Gasteiger partial charge in [0.2, 0.25) is 5.91 Å². The third-order valence-electron chi connectivity index (χ3n) is 2.17. The van der Waals surface area contributed by atoms with E-state index in [4.69, 9.17) is 0 Å². The Kier molecular flexibility index (Phi) is 6.30. The lowest BCUT2D eigenvalue weighted by atomic mass is 10.1. The summed E-state index contributed by atoms with van der Waals surface area (Å²) < 4.78 is 39.5. The van der Waals surface area contributed by atoms with Gasteiger partial charge in [-0.1, -0.05) is 40.2 Å². The lowest BCUT2D eigenvalue weighted by Crippen LogP contribution is -2.29. The molecule has 1 aromatic carbocycles. The van der Waals surface area contributed by atoms with E-state index in [0.717, 1.165) is 16.5 Å². The molecule has 19 heavy (non-hydrogen) atoms. The van der Waals surface area contributed by atoms with Crippen LogP contribution in [-0.4, -0.2) is 25.3 Å². The Hall–Kier alpha value is -1.08. The van der Waals surface area contributed by atoms with Gasteiger partial charge < -0.3 is 10.1 Å². The Bertz CT molecular complexity index is 406. The van der Waals surface area contributed by atoms with Crippen LogP contribution in [0.1, 0.15) is 11.1 Å². The maximum Gasteiger partial charge on any atom is 0.411 e. The molecule has 0 bridgehead atoms. The highest BCUT2D eigenvalue weighted by Crippen LogP contribution is 2.14. The second kappa shape index (κ2) is 7.49. The summed E-state index contributed by atoms with van der Waals surface area (Å²) in [7, 11) is 0. The van der Waals surface area contributed by atoms with E-state index < -0.39 is 25.3 Å². The van der Waals surface area contributed by atoms with E-state index in [1.165, 1.54) is 0 Å². The van der Waals surface area contributed by atoms with Gasteiger partial charge in [0.1, 0.15) is 13.2 Å². The molecule has 1 rings (SSSR count). The smallest absolute Gasteiger partial charge is 0.362 e. The molecule has 0 aliphatic rings. The largest absolute Gasteiger partial charge is 0.411 e. The Balaban J connectivity index is 2.26. The van der Waals surface area contributed by atoms with Gasteiger partial charge in [-0.15, -0.1) is 0 Å². The predicted octanol–water partition coefficient (Wildman–Crippen LogP) is 2.78. The number of carbonyl (C=O) groups is 1. The van der Waals surface area contributed by atoms with Crippen LogP contribution in [0.3, 0.4) is 0 Å². The molecule has 0 saturated heterocycles. The van der Waals surface area contributed by atoms with Crippen molar-refractivity contribution >= 4 is 21.8 Å². The fraction of sp³-hybridized carbons (Fsp3) is 0.417. The molecule has 0 radical (unpaired) electrons. The zero-order valence-electron chi connectivity index (χ0n) is 9.97. The first-order valence-electron chi connectivity index (χ1n) is 5.45. The first-order valence-corrected chi connectivity index (χ1v) is 6.58. The van der Waals surface area contributed by atoms with Crippen LogP contribution in [-0.2, 0) is 21.4 Å². The number of benzene rings is 1. The van der Waals surface area contributed by atoms with Crippen molar-refractivity contribution in [3.63, 3.8) is 0 Å². The van der Waals surface area contributed by atoms with Crippen molar-refractivity contribution in [2.24, 2.45) is 0 Å². The molecule has 1 N–H and O–H groups in total. The molecule has 0 aromatic heterocycles. The molecule has 106 valence electrons. The SMILES string of the molecule is O=C(COCC(F)(F)F)NCc1ccc(CBr)cc1. The summed E-state index contributed by atoms with van der Waals surface area (Å²) in [5, 5.41) is 3.22. The minimum absolute atomic E-state index is 0.261. The van der Waals surface area contributed by atoms with Gasteiger partial charge in [0, 0.05) is 11.9 Å². The van der Waals surface area contributed by atoms with Crippen molar-refractivity contribution in [1.82, 2.24) is 5.32 Å². The minimum atomic E-state index is -4.41. The number of amides is 1. The van der Waals surface area contributed by atoms with Crippen molar-refractivity contribution in [2.75, 3.05) is 13.2 Å². The number of halogens is 4. The molecule has 0 unspecified atom stereocenters. The maximum atomic E-state index is 11.8. The fourth-order valence-corrected chi connectivity index (χ4v) is 1.63. The molecule has 0 saturated carbocycles. The van der Waals surface area contributed by atoms with Crippen molar-refractivity contribution in [2.45, 2.75) is 18.1 Å². The Morgan fingerprint density at radius 2 is 1.79 bits per heavy atom. The summed E-state index contributed by atoms with van der Waals surface area (Å²) in [6.07, 6.45) is -4.41. The highest BCUT2D eigenvalue weighted by atomic mass is 79.9. The minimum Gasteiger partial charge on any atom is -0.362 e. The zero-order valence-corrected chi connectivity index (χ0v) is 11.6. The van der Waals surface area contributed by atoms with E-state index in [0.29, 0.717) is 0 Å². The summed E-state index contributed by atoms with van der Waals surface area (Å²) in [6.45, 7) is -1.75. The van der Waals surface area contributed by atoms with Crippen LogP contribution >= 0.6 is 15.9 Å². The van der Waals surface area contributed by atoms with Gasteiger partial charge in [-0.25, -0.2) is 0 Å². The van der Waals surface area contributed by atoms with Crippen molar-refractivity contribution in [1.29, 1.82) is 0 Å². The van der Waals surface area contributed by atoms with Crippen LogP contribution in [0.4, 0.5) is 13.2 Å². The second-order valence-electron chi connectivity index (χ2n) is 3.83. The lowest BCUT2D eigenvalue weighted by molar-refractivity contribution is -0.175. The van der Waals surface area contributed by atoms with Crippen LogP contribution in [0.25, 0.3) is 0 Å². The summed E-state index contributed by atoms with van der Waals surface area (Å²) in [5.41, 5.74) is 1.97. The number of nitrogens with one attached hydrogen (secondary N) is 1. The molecule has 3 nitrogen and oxygen atoms in total. The molecule has 0 heterocycles. The van der Waals surface area contributed by atoms with Gasteiger partial charge in [0.15, 0.2) is 0 Å². The molecule has 0 aliphatic carbocycles. The number of alkyl halides is 4. The van der Waals surface area contributed by atoms with Crippen LogP contribution in [0.2, 0.25) is 0 Å².